The van der Waals surface area contributed by atoms with Crippen molar-refractivity contribution in [3.63, 3.8) is 0 Å². The second kappa shape index (κ2) is 9.49. The molecule has 29 heavy (non-hydrogen) atoms. The molecule has 8 heteroatoms. The first kappa shape index (κ1) is 20.8. The number of carbonyl (C=O) groups is 1. The van der Waals surface area contributed by atoms with Crippen molar-refractivity contribution in [3.8, 4) is 11.5 Å². The standard InChI is InChI=1S/C21H25N5O2S/c1-15-14-29-21(23-15)24-19-13-16(9-10-22-19)28-18-8-6-5-7-17(18)20(27)26(4)12-11-25(2)3/h5-10,13-14H,11-12H2,1-4H3,(H,22,23,24). The summed E-state index contributed by atoms with van der Waals surface area (Å²) in [4.78, 5) is 25.3. The maximum atomic E-state index is 12.9. The van der Waals surface area contributed by atoms with Crippen LogP contribution in [0.2, 0.25) is 0 Å². The first-order chi connectivity index (χ1) is 13.9. The number of aromatic nitrogens is 2. The first-order valence-electron chi connectivity index (χ1n) is 9.24. The molecule has 3 aromatic rings. The van der Waals surface area contributed by atoms with E-state index in [2.05, 4.69) is 15.3 Å². The van der Waals surface area contributed by atoms with Crippen LogP contribution in [0.25, 0.3) is 0 Å². The number of nitrogens with zero attached hydrogens (tertiary/aromatic N) is 4. The summed E-state index contributed by atoms with van der Waals surface area (Å²) < 4.78 is 6.04. The van der Waals surface area contributed by atoms with Crippen LogP contribution in [0.1, 0.15) is 16.1 Å². The number of benzene rings is 1. The predicted octanol–water partition coefficient (Wildman–Crippen LogP) is 4.02. The fourth-order valence-corrected chi connectivity index (χ4v) is 3.28. The number of pyridine rings is 1. The van der Waals surface area contributed by atoms with Crippen LogP contribution in [0.4, 0.5) is 10.9 Å². The number of anilines is 2. The lowest BCUT2D eigenvalue weighted by atomic mass is 10.1. The van der Waals surface area contributed by atoms with Gasteiger partial charge >= 0.3 is 0 Å². The quantitative estimate of drug-likeness (QED) is 0.604. The Kier molecular flexibility index (Phi) is 6.79. The highest BCUT2D eigenvalue weighted by Crippen LogP contribution is 2.28. The van der Waals surface area contributed by atoms with Gasteiger partial charge in [0.15, 0.2) is 5.13 Å². The molecule has 1 amide bonds. The number of nitrogens with one attached hydrogen (secondary N) is 1. The highest BCUT2D eigenvalue weighted by Gasteiger charge is 2.17. The number of hydrogen-bond donors (Lipinski definition) is 1. The number of para-hydroxylation sites is 1. The van der Waals surface area contributed by atoms with Gasteiger partial charge < -0.3 is 19.9 Å². The number of aryl methyl sites for hydroxylation is 1. The molecule has 0 radical (unpaired) electrons. The van der Waals surface area contributed by atoms with Crippen LogP contribution < -0.4 is 10.1 Å². The van der Waals surface area contributed by atoms with Gasteiger partial charge in [-0.05, 0) is 39.2 Å². The molecule has 152 valence electrons. The minimum absolute atomic E-state index is 0.0758. The number of hydrogen-bond acceptors (Lipinski definition) is 7. The third kappa shape index (κ3) is 5.75. The SMILES string of the molecule is Cc1csc(Nc2cc(Oc3ccccc3C(=O)N(C)CCN(C)C)ccn2)n1. The number of carbonyl (C=O) groups excluding carboxylic acids is 1. The Bertz CT molecular complexity index is 973. The van der Waals surface area contributed by atoms with Gasteiger partial charge in [0.1, 0.15) is 17.3 Å². The maximum absolute atomic E-state index is 12.9. The van der Waals surface area contributed by atoms with E-state index in [1.807, 2.05) is 43.4 Å². The summed E-state index contributed by atoms with van der Waals surface area (Å²) in [6, 6.07) is 10.8. The Morgan fingerprint density at radius 1 is 1.17 bits per heavy atom. The van der Waals surface area contributed by atoms with Gasteiger partial charge in [0.2, 0.25) is 0 Å². The molecule has 2 aromatic heterocycles. The van der Waals surface area contributed by atoms with E-state index < -0.39 is 0 Å². The van der Waals surface area contributed by atoms with Gasteiger partial charge in [0, 0.05) is 37.8 Å². The van der Waals surface area contributed by atoms with Crippen molar-refractivity contribution in [1.82, 2.24) is 19.8 Å². The molecule has 0 atom stereocenters. The summed E-state index contributed by atoms with van der Waals surface area (Å²) in [5, 5.41) is 5.91. The van der Waals surface area contributed by atoms with Crippen molar-refractivity contribution in [2.45, 2.75) is 6.92 Å². The zero-order valence-electron chi connectivity index (χ0n) is 17.0. The van der Waals surface area contributed by atoms with Crippen molar-refractivity contribution < 1.29 is 9.53 Å². The number of rotatable bonds is 8. The van der Waals surface area contributed by atoms with Gasteiger partial charge in [0.05, 0.1) is 11.3 Å². The average Bonchev–Trinajstić information content (AvgIpc) is 3.11. The van der Waals surface area contributed by atoms with Gasteiger partial charge in [-0.25, -0.2) is 9.97 Å². The zero-order chi connectivity index (χ0) is 20.8. The highest BCUT2D eigenvalue weighted by molar-refractivity contribution is 7.13. The smallest absolute Gasteiger partial charge is 0.257 e. The van der Waals surface area contributed by atoms with Crippen molar-refractivity contribution in [1.29, 1.82) is 0 Å². The van der Waals surface area contributed by atoms with Crippen LogP contribution in [0.5, 0.6) is 11.5 Å². The van der Waals surface area contributed by atoms with E-state index >= 15 is 0 Å². The fraction of sp³-hybridized carbons (Fsp3) is 0.286. The lowest BCUT2D eigenvalue weighted by Gasteiger charge is -2.21. The van der Waals surface area contributed by atoms with E-state index in [9.17, 15) is 4.79 Å². The molecule has 0 unspecified atom stereocenters. The normalized spacial score (nSPS) is 10.8. The lowest BCUT2D eigenvalue weighted by Crippen LogP contribution is -2.33. The molecule has 1 aromatic carbocycles. The van der Waals surface area contributed by atoms with Crippen molar-refractivity contribution in [2.24, 2.45) is 0 Å². The molecule has 0 saturated heterocycles. The van der Waals surface area contributed by atoms with Gasteiger partial charge in [-0.2, -0.15) is 0 Å². The highest BCUT2D eigenvalue weighted by atomic mass is 32.1. The molecule has 2 heterocycles. The van der Waals surface area contributed by atoms with E-state index in [-0.39, 0.29) is 5.91 Å². The third-order valence-electron chi connectivity index (χ3n) is 4.16. The van der Waals surface area contributed by atoms with Gasteiger partial charge in [0.25, 0.3) is 5.91 Å². The maximum Gasteiger partial charge on any atom is 0.257 e. The zero-order valence-corrected chi connectivity index (χ0v) is 17.9. The van der Waals surface area contributed by atoms with E-state index in [1.54, 1.807) is 42.4 Å². The first-order valence-corrected chi connectivity index (χ1v) is 10.1. The number of ether oxygens (including phenoxy) is 1. The van der Waals surface area contributed by atoms with Crippen LogP contribution >= 0.6 is 11.3 Å². The molecular weight excluding hydrogens is 386 g/mol. The lowest BCUT2D eigenvalue weighted by molar-refractivity contribution is 0.0783. The Balaban J connectivity index is 1.75. The Hall–Kier alpha value is -2.97. The molecule has 0 saturated carbocycles. The van der Waals surface area contributed by atoms with Crippen LogP contribution in [-0.4, -0.2) is 59.9 Å². The van der Waals surface area contributed by atoms with E-state index in [0.717, 1.165) is 17.4 Å². The second-order valence-electron chi connectivity index (χ2n) is 6.92. The van der Waals surface area contributed by atoms with E-state index in [0.29, 0.717) is 29.4 Å². The molecule has 1 N–H and O–H groups in total. The summed E-state index contributed by atoms with van der Waals surface area (Å²) >= 11 is 1.51. The van der Waals surface area contributed by atoms with Crippen molar-refractivity contribution in [3.05, 3.63) is 59.2 Å². The van der Waals surface area contributed by atoms with Gasteiger partial charge in [-0.3, -0.25) is 4.79 Å². The molecular formula is C21H25N5O2S. The molecule has 0 bridgehead atoms. The monoisotopic (exact) mass is 411 g/mol. The molecule has 0 aliphatic rings. The minimum Gasteiger partial charge on any atom is -0.456 e. The summed E-state index contributed by atoms with van der Waals surface area (Å²) in [7, 11) is 5.77. The Morgan fingerprint density at radius 3 is 2.69 bits per heavy atom. The van der Waals surface area contributed by atoms with Crippen LogP contribution in [0.3, 0.4) is 0 Å². The van der Waals surface area contributed by atoms with Crippen LogP contribution in [0.15, 0.2) is 48.0 Å². The molecule has 0 aliphatic heterocycles. The summed E-state index contributed by atoms with van der Waals surface area (Å²) in [5.74, 6) is 1.65. The van der Waals surface area contributed by atoms with Crippen molar-refractivity contribution >= 4 is 28.2 Å². The number of likely N-dealkylation sites (N-methyl/N-ethyl adjacent to an activating group) is 2. The third-order valence-corrected chi connectivity index (χ3v) is 5.04. The number of amides is 1. The average molecular weight is 412 g/mol. The van der Waals surface area contributed by atoms with E-state index in [4.69, 9.17) is 4.74 Å². The Morgan fingerprint density at radius 2 is 1.97 bits per heavy atom. The van der Waals surface area contributed by atoms with E-state index in [1.165, 1.54) is 11.3 Å². The summed E-state index contributed by atoms with van der Waals surface area (Å²) in [6.45, 7) is 3.37. The van der Waals surface area contributed by atoms with Gasteiger partial charge in [-0.1, -0.05) is 12.1 Å². The molecule has 0 spiro atoms. The number of thiazole rings is 1. The molecule has 7 nitrogen and oxygen atoms in total. The fourth-order valence-electron chi connectivity index (χ4n) is 2.58. The van der Waals surface area contributed by atoms with Gasteiger partial charge in [-0.15, -0.1) is 11.3 Å². The second-order valence-corrected chi connectivity index (χ2v) is 7.78. The van der Waals surface area contributed by atoms with Crippen LogP contribution in [0, 0.1) is 6.92 Å². The molecule has 0 aliphatic carbocycles. The van der Waals surface area contributed by atoms with Crippen molar-refractivity contribution in [2.75, 3.05) is 39.5 Å². The largest absolute Gasteiger partial charge is 0.456 e. The minimum atomic E-state index is -0.0758. The Labute approximate surface area is 175 Å². The summed E-state index contributed by atoms with van der Waals surface area (Å²) in [5.41, 5.74) is 1.48. The molecule has 0 fully saturated rings. The predicted molar refractivity (Wildman–Crippen MR) is 116 cm³/mol. The van der Waals surface area contributed by atoms with Crippen LogP contribution in [-0.2, 0) is 0 Å². The topological polar surface area (TPSA) is 70.6 Å². The molecule has 3 rings (SSSR count). The summed E-state index contributed by atoms with van der Waals surface area (Å²) in [6.07, 6.45) is 1.66.